The Morgan fingerprint density at radius 3 is 2.00 bits per heavy atom. The summed E-state index contributed by atoms with van der Waals surface area (Å²) in [4.78, 5) is 11.2. The van der Waals surface area contributed by atoms with Gasteiger partial charge in [-0.2, -0.15) is 0 Å². The van der Waals surface area contributed by atoms with Gasteiger partial charge in [-0.05, 0) is 27.7 Å². The number of carboxylic acids is 1. The van der Waals surface area contributed by atoms with Crippen molar-refractivity contribution in [1.82, 2.24) is 0 Å². The number of hydrogen-bond donors (Lipinski definition) is 3. The first kappa shape index (κ1) is 16.3. The lowest BCUT2D eigenvalue weighted by molar-refractivity contribution is -0.310. The van der Waals surface area contributed by atoms with Gasteiger partial charge in [0, 0.05) is 0 Å². The fourth-order valence-corrected chi connectivity index (χ4v) is 1.88. The van der Waals surface area contributed by atoms with Crippen LogP contribution in [0.15, 0.2) is 0 Å². The maximum Gasteiger partial charge on any atom is 0.335 e. The Hall–Kier alpha value is -0.730. The maximum atomic E-state index is 11.2. The Labute approximate surface area is 112 Å². The molecule has 2 unspecified atom stereocenters. The van der Waals surface area contributed by atoms with Crippen molar-refractivity contribution in [2.75, 3.05) is 0 Å². The van der Waals surface area contributed by atoms with Gasteiger partial charge in [-0.3, -0.25) is 0 Å². The molecule has 0 saturated carbocycles. The SMILES string of the molecule is CC(C)O[C@H]1OC(C(=O)O)[C@H](OC(C)C)[C@H](O)C1O. The zero-order valence-electron chi connectivity index (χ0n) is 11.5. The lowest BCUT2D eigenvalue weighted by Gasteiger charge is -2.41. The van der Waals surface area contributed by atoms with Crippen molar-refractivity contribution >= 4 is 5.97 Å². The van der Waals surface area contributed by atoms with E-state index in [0.29, 0.717) is 0 Å². The van der Waals surface area contributed by atoms with Crippen LogP contribution in [-0.2, 0) is 19.0 Å². The second-order valence-corrected chi connectivity index (χ2v) is 5.08. The van der Waals surface area contributed by atoms with Crippen LogP contribution in [0.5, 0.6) is 0 Å². The normalized spacial score (nSPS) is 35.9. The van der Waals surface area contributed by atoms with E-state index in [1.165, 1.54) is 0 Å². The molecular weight excluding hydrogens is 256 g/mol. The first-order valence-corrected chi connectivity index (χ1v) is 6.29. The molecule has 7 heteroatoms. The summed E-state index contributed by atoms with van der Waals surface area (Å²) in [5.74, 6) is -1.27. The molecule has 0 spiro atoms. The van der Waals surface area contributed by atoms with E-state index in [4.69, 9.17) is 19.3 Å². The number of rotatable bonds is 5. The molecule has 1 aliphatic heterocycles. The van der Waals surface area contributed by atoms with Crippen LogP contribution in [0.3, 0.4) is 0 Å². The van der Waals surface area contributed by atoms with Gasteiger partial charge in [-0.1, -0.05) is 0 Å². The second-order valence-electron chi connectivity index (χ2n) is 5.08. The molecule has 0 aliphatic carbocycles. The molecule has 1 aliphatic rings. The number of carbonyl (C=O) groups is 1. The topological polar surface area (TPSA) is 105 Å². The molecule has 0 aromatic carbocycles. The predicted octanol–water partition coefficient (Wildman–Crippen LogP) is -0.264. The van der Waals surface area contributed by atoms with Crippen LogP contribution >= 0.6 is 0 Å². The van der Waals surface area contributed by atoms with Crippen LogP contribution in [0.4, 0.5) is 0 Å². The highest BCUT2D eigenvalue weighted by Gasteiger charge is 2.49. The first-order valence-electron chi connectivity index (χ1n) is 6.29. The highest BCUT2D eigenvalue weighted by Crippen LogP contribution is 2.26. The summed E-state index contributed by atoms with van der Waals surface area (Å²) >= 11 is 0. The van der Waals surface area contributed by atoms with Crippen LogP contribution < -0.4 is 0 Å². The second kappa shape index (κ2) is 6.62. The van der Waals surface area contributed by atoms with E-state index in [-0.39, 0.29) is 12.2 Å². The third-order valence-corrected chi connectivity index (χ3v) is 2.62. The molecule has 0 amide bonds. The summed E-state index contributed by atoms with van der Waals surface area (Å²) in [6.45, 7) is 6.84. The minimum Gasteiger partial charge on any atom is -0.479 e. The van der Waals surface area contributed by atoms with Crippen LogP contribution in [0.2, 0.25) is 0 Å². The zero-order chi connectivity index (χ0) is 14.7. The van der Waals surface area contributed by atoms with E-state index < -0.39 is 36.7 Å². The van der Waals surface area contributed by atoms with Crippen molar-refractivity contribution in [1.29, 1.82) is 0 Å². The summed E-state index contributed by atoms with van der Waals surface area (Å²) in [5, 5.41) is 29.0. The van der Waals surface area contributed by atoms with Gasteiger partial charge >= 0.3 is 5.97 Å². The van der Waals surface area contributed by atoms with Crippen LogP contribution in [0.1, 0.15) is 27.7 Å². The van der Waals surface area contributed by atoms with Crippen LogP contribution in [0, 0.1) is 0 Å². The lowest BCUT2D eigenvalue weighted by atomic mass is 9.98. The number of aliphatic hydroxyl groups excluding tert-OH is 2. The van der Waals surface area contributed by atoms with Crippen LogP contribution in [-0.4, -0.2) is 64.2 Å². The molecule has 0 aromatic heterocycles. The molecule has 7 nitrogen and oxygen atoms in total. The minimum absolute atomic E-state index is 0.274. The highest BCUT2D eigenvalue weighted by atomic mass is 16.7. The first-order chi connectivity index (χ1) is 8.73. The highest BCUT2D eigenvalue weighted by molar-refractivity contribution is 5.73. The Morgan fingerprint density at radius 1 is 1.05 bits per heavy atom. The maximum absolute atomic E-state index is 11.2. The van der Waals surface area contributed by atoms with E-state index in [1.807, 2.05) is 0 Å². The standard InChI is InChI=1S/C12H22O7/c1-5(2)17-9-7(13)8(14)12(18-6(3)4)19-10(9)11(15)16/h5-10,12-14H,1-4H3,(H,15,16)/t7-,8?,9-,10?,12+/m1/s1. The largest absolute Gasteiger partial charge is 0.479 e. The minimum atomic E-state index is -1.39. The van der Waals surface area contributed by atoms with Crippen LogP contribution in [0.25, 0.3) is 0 Å². The van der Waals surface area contributed by atoms with Gasteiger partial charge in [-0.15, -0.1) is 0 Å². The monoisotopic (exact) mass is 278 g/mol. The van der Waals surface area contributed by atoms with E-state index >= 15 is 0 Å². The lowest BCUT2D eigenvalue weighted by Crippen LogP contribution is -2.61. The van der Waals surface area contributed by atoms with Gasteiger partial charge in [0.05, 0.1) is 12.2 Å². The van der Waals surface area contributed by atoms with E-state index in [2.05, 4.69) is 0 Å². The third-order valence-electron chi connectivity index (χ3n) is 2.62. The quantitative estimate of drug-likeness (QED) is 0.636. The number of ether oxygens (including phenoxy) is 3. The van der Waals surface area contributed by atoms with E-state index in [1.54, 1.807) is 27.7 Å². The number of aliphatic hydroxyl groups is 2. The molecular formula is C12H22O7. The molecule has 1 fully saturated rings. The van der Waals surface area contributed by atoms with Crippen molar-refractivity contribution in [3.05, 3.63) is 0 Å². The Balaban J connectivity index is 2.87. The molecule has 5 atom stereocenters. The number of aliphatic carboxylic acids is 1. The van der Waals surface area contributed by atoms with Gasteiger partial charge < -0.3 is 29.5 Å². The number of carboxylic acid groups (broad SMARTS) is 1. The molecule has 1 heterocycles. The summed E-state index contributed by atoms with van der Waals surface area (Å²) in [7, 11) is 0. The van der Waals surface area contributed by atoms with E-state index in [0.717, 1.165) is 0 Å². The van der Waals surface area contributed by atoms with Gasteiger partial charge in [0.25, 0.3) is 0 Å². The zero-order valence-corrected chi connectivity index (χ0v) is 11.5. The van der Waals surface area contributed by atoms with Gasteiger partial charge in [-0.25, -0.2) is 4.79 Å². The van der Waals surface area contributed by atoms with Gasteiger partial charge in [0.1, 0.15) is 18.3 Å². The summed E-state index contributed by atoms with van der Waals surface area (Å²) < 4.78 is 15.8. The van der Waals surface area contributed by atoms with Crippen molar-refractivity contribution in [2.24, 2.45) is 0 Å². The molecule has 3 N–H and O–H groups in total. The van der Waals surface area contributed by atoms with Crippen molar-refractivity contribution in [3.63, 3.8) is 0 Å². The predicted molar refractivity (Wildman–Crippen MR) is 64.5 cm³/mol. The molecule has 0 aromatic rings. The molecule has 19 heavy (non-hydrogen) atoms. The molecule has 0 radical (unpaired) electrons. The molecule has 0 bridgehead atoms. The van der Waals surface area contributed by atoms with Crippen molar-refractivity contribution in [2.45, 2.75) is 70.6 Å². The van der Waals surface area contributed by atoms with E-state index in [9.17, 15) is 15.0 Å². The summed E-state index contributed by atoms with van der Waals surface area (Å²) in [6, 6.07) is 0. The summed E-state index contributed by atoms with van der Waals surface area (Å²) in [6.07, 6.45) is -7.04. The molecule has 112 valence electrons. The van der Waals surface area contributed by atoms with Gasteiger partial charge in [0.15, 0.2) is 12.4 Å². The fourth-order valence-electron chi connectivity index (χ4n) is 1.88. The fraction of sp³-hybridized carbons (Fsp3) is 0.917. The Morgan fingerprint density at radius 2 is 1.58 bits per heavy atom. The summed E-state index contributed by atoms with van der Waals surface area (Å²) in [5.41, 5.74) is 0. The van der Waals surface area contributed by atoms with Gasteiger partial charge in [0.2, 0.25) is 0 Å². The third kappa shape index (κ3) is 4.12. The van der Waals surface area contributed by atoms with Crippen molar-refractivity contribution < 1.29 is 34.3 Å². The van der Waals surface area contributed by atoms with Crippen molar-refractivity contribution in [3.8, 4) is 0 Å². The average Bonchev–Trinajstić information content (AvgIpc) is 2.27. The number of hydrogen-bond acceptors (Lipinski definition) is 6. The Bertz CT molecular complexity index is 304. The molecule has 1 rings (SSSR count). The Kier molecular flexibility index (Phi) is 5.69. The smallest absolute Gasteiger partial charge is 0.335 e. The molecule has 1 saturated heterocycles. The average molecular weight is 278 g/mol.